The van der Waals surface area contributed by atoms with Gasteiger partial charge in [0.1, 0.15) is 5.75 Å². The van der Waals surface area contributed by atoms with Crippen LogP contribution in [0.5, 0.6) is 5.75 Å². The Kier molecular flexibility index (Phi) is 4.77. The van der Waals surface area contributed by atoms with Crippen molar-refractivity contribution < 1.29 is 17.9 Å². The van der Waals surface area contributed by atoms with E-state index in [9.17, 15) is 13.2 Å². The van der Waals surface area contributed by atoms with Gasteiger partial charge in [-0.3, -0.25) is 10.1 Å². The van der Waals surface area contributed by atoms with Gasteiger partial charge >= 0.3 is 0 Å². The van der Waals surface area contributed by atoms with Crippen LogP contribution in [-0.2, 0) is 14.6 Å². The molecule has 1 aliphatic rings. The standard InChI is InChI=1S/C15H22N2O4S/c1-11(17-15(2)8-9-22(19,20)10-15)14(18)16-12-6-4-5-7-13(12)21-3/h4-7,11,17H,8-10H2,1-3H3,(H,16,18)/t11-,15+/m1/s1. The molecule has 2 N–H and O–H groups in total. The Morgan fingerprint density at radius 3 is 2.64 bits per heavy atom. The van der Waals surface area contributed by atoms with E-state index in [2.05, 4.69) is 10.6 Å². The van der Waals surface area contributed by atoms with Crippen molar-refractivity contribution in [3.8, 4) is 5.75 Å². The molecule has 1 fully saturated rings. The molecule has 1 saturated heterocycles. The van der Waals surface area contributed by atoms with Crippen molar-refractivity contribution in [3.05, 3.63) is 24.3 Å². The minimum atomic E-state index is -3.01. The number of para-hydroxylation sites is 2. The van der Waals surface area contributed by atoms with Crippen LogP contribution in [-0.4, -0.2) is 44.5 Å². The molecule has 1 aromatic carbocycles. The van der Waals surface area contributed by atoms with Crippen molar-refractivity contribution in [1.82, 2.24) is 5.32 Å². The molecule has 122 valence electrons. The van der Waals surface area contributed by atoms with Gasteiger partial charge in [-0.05, 0) is 32.4 Å². The molecule has 0 spiro atoms. The molecule has 1 heterocycles. The molecule has 2 atom stereocenters. The fraction of sp³-hybridized carbons (Fsp3) is 0.533. The molecule has 7 heteroatoms. The molecule has 1 aromatic rings. The predicted octanol–water partition coefficient (Wildman–Crippen LogP) is 1.19. The van der Waals surface area contributed by atoms with E-state index in [0.717, 1.165) is 0 Å². The summed E-state index contributed by atoms with van der Waals surface area (Å²) in [7, 11) is -1.47. The third-order valence-corrected chi connectivity index (χ3v) is 5.73. The van der Waals surface area contributed by atoms with Gasteiger partial charge in [-0.15, -0.1) is 0 Å². The molecule has 0 aliphatic carbocycles. The summed E-state index contributed by atoms with van der Waals surface area (Å²) in [5, 5.41) is 5.93. The Morgan fingerprint density at radius 1 is 1.36 bits per heavy atom. The average molecular weight is 326 g/mol. The summed E-state index contributed by atoms with van der Waals surface area (Å²) in [6.45, 7) is 3.56. The van der Waals surface area contributed by atoms with Gasteiger partial charge in [0.15, 0.2) is 9.84 Å². The van der Waals surface area contributed by atoms with E-state index in [1.54, 1.807) is 25.1 Å². The van der Waals surface area contributed by atoms with E-state index in [-0.39, 0.29) is 17.4 Å². The minimum Gasteiger partial charge on any atom is -0.495 e. The summed E-state index contributed by atoms with van der Waals surface area (Å²) >= 11 is 0. The van der Waals surface area contributed by atoms with E-state index in [1.807, 2.05) is 13.0 Å². The van der Waals surface area contributed by atoms with Crippen LogP contribution in [0, 0.1) is 0 Å². The Morgan fingerprint density at radius 2 is 2.05 bits per heavy atom. The SMILES string of the molecule is COc1ccccc1NC(=O)[C@@H](C)N[C@@]1(C)CCS(=O)(=O)C1. The normalized spacial score (nSPS) is 24.7. The number of ether oxygens (including phenoxy) is 1. The third kappa shape index (κ3) is 3.98. The second-order valence-electron chi connectivity index (χ2n) is 5.96. The number of amides is 1. The number of carbonyl (C=O) groups excluding carboxylic acids is 1. The molecule has 6 nitrogen and oxygen atoms in total. The Bertz CT molecular complexity index is 659. The second kappa shape index (κ2) is 6.26. The number of hydrogen-bond acceptors (Lipinski definition) is 5. The van der Waals surface area contributed by atoms with Gasteiger partial charge in [0.2, 0.25) is 5.91 Å². The predicted molar refractivity (Wildman–Crippen MR) is 85.9 cm³/mol. The summed E-state index contributed by atoms with van der Waals surface area (Å²) in [5.74, 6) is 0.580. The van der Waals surface area contributed by atoms with Crippen LogP contribution < -0.4 is 15.4 Å². The number of benzene rings is 1. The highest BCUT2D eigenvalue weighted by Gasteiger charge is 2.39. The average Bonchev–Trinajstić information content (AvgIpc) is 2.72. The molecule has 0 radical (unpaired) electrons. The van der Waals surface area contributed by atoms with Crippen molar-refractivity contribution in [3.63, 3.8) is 0 Å². The first-order valence-corrected chi connectivity index (χ1v) is 8.99. The van der Waals surface area contributed by atoms with Crippen molar-refractivity contribution in [2.75, 3.05) is 23.9 Å². The van der Waals surface area contributed by atoms with Crippen LogP contribution in [0.2, 0.25) is 0 Å². The summed E-state index contributed by atoms with van der Waals surface area (Å²) in [6.07, 6.45) is 0.515. The maximum atomic E-state index is 12.3. The lowest BCUT2D eigenvalue weighted by Gasteiger charge is -2.28. The zero-order valence-corrected chi connectivity index (χ0v) is 13.9. The number of carbonyl (C=O) groups is 1. The van der Waals surface area contributed by atoms with E-state index >= 15 is 0 Å². The topological polar surface area (TPSA) is 84.5 Å². The summed E-state index contributed by atoms with van der Waals surface area (Å²) in [5.41, 5.74) is 0.0314. The quantitative estimate of drug-likeness (QED) is 0.849. The molecule has 2 rings (SSSR count). The summed E-state index contributed by atoms with van der Waals surface area (Å²) in [6, 6.07) is 6.63. The molecular formula is C15H22N2O4S. The molecule has 1 amide bonds. The van der Waals surface area contributed by atoms with Crippen LogP contribution >= 0.6 is 0 Å². The van der Waals surface area contributed by atoms with Gasteiger partial charge in [-0.25, -0.2) is 8.42 Å². The van der Waals surface area contributed by atoms with Crippen LogP contribution in [0.25, 0.3) is 0 Å². The smallest absolute Gasteiger partial charge is 0.241 e. The van der Waals surface area contributed by atoms with Crippen molar-refractivity contribution in [2.45, 2.75) is 31.8 Å². The molecule has 0 unspecified atom stereocenters. The van der Waals surface area contributed by atoms with Gasteiger partial charge in [0, 0.05) is 5.54 Å². The van der Waals surface area contributed by atoms with E-state index in [1.165, 1.54) is 7.11 Å². The van der Waals surface area contributed by atoms with Crippen molar-refractivity contribution >= 4 is 21.4 Å². The number of rotatable bonds is 5. The van der Waals surface area contributed by atoms with Crippen molar-refractivity contribution in [2.24, 2.45) is 0 Å². The summed E-state index contributed by atoms with van der Waals surface area (Å²) in [4.78, 5) is 12.3. The van der Waals surface area contributed by atoms with Gasteiger partial charge in [0.05, 0.1) is 30.3 Å². The lowest BCUT2D eigenvalue weighted by Crippen LogP contribution is -2.52. The number of hydrogen-bond donors (Lipinski definition) is 2. The van der Waals surface area contributed by atoms with E-state index in [4.69, 9.17) is 4.74 Å². The Labute approximate surface area is 131 Å². The first-order valence-electron chi connectivity index (χ1n) is 7.17. The highest BCUT2D eigenvalue weighted by Crippen LogP contribution is 2.25. The minimum absolute atomic E-state index is 0.0618. The zero-order valence-electron chi connectivity index (χ0n) is 13.0. The number of nitrogens with one attached hydrogen (secondary N) is 2. The second-order valence-corrected chi connectivity index (χ2v) is 8.14. The molecule has 0 saturated carbocycles. The van der Waals surface area contributed by atoms with Gasteiger partial charge in [-0.1, -0.05) is 12.1 Å². The molecular weight excluding hydrogens is 304 g/mol. The van der Waals surface area contributed by atoms with E-state index < -0.39 is 21.4 Å². The van der Waals surface area contributed by atoms with Crippen LogP contribution in [0.15, 0.2) is 24.3 Å². The molecule has 22 heavy (non-hydrogen) atoms. The highest BCUT2D eigenvalue weighted by molar-refractivity contribution is 7.91. The third-order valence-electron chi connectivity index (χ3n) is 3.83. The van der Waals surface area contributed by atoms with Gasteiger partial charge in [-0.2, -0.15) is 0 Å². The fourth-order valence-electron chi connectivity index (χ4n) is 2.70. The monoisotopic (exact) mass is 326 g/mol. The highest BCUT2D eigenvalue weighted by atomic mass is 32.2. The summed E-state index contributed by atoms with van der Waals surface area (Å²) < 4.78 is 28.4. The largest absolute Gasteiger partial charge is 0.495 e. The lowest BCUT2D eigenvalue weighted by molar-refractivity contribution is -0.118. The molecule has 0 bridgehead atoms. The maximum absolute atomic E-state index is 12.3. The Hall–Kier alpha value is -1.60. The van der Waals surface area contributed by atoms with Crippen LogP contribution in [0.4, 0.5) is 5.69 Å². The molecule has 1 aliphatic heterocycles. The maximum Gasteiger partial charge on any atom is 0.241 e. The molecule has 0 aromatic heterocycles. The zero-order chi connectivity index (χ0) is 16.4. The van der Waals surface area contributed by atoms with E-state index in [0.29, 0.717) is 17.9 Å². The number of methoxy groups -OCH3 is 1. The fourth-order valence-corrected chi connectivity index (χ4v) is 4.81. The van der Waals surface area contributed by atoms with Crippen LogP contribution in [0.1, 0.15) is 20.3 Å². The Balaban J connectivity index is 2.01. The number of sulfone groups is 1. The first-order chi connectivity index (χ1) is 10.2. The number of anilines is 1. The lowest BCUT2D eigenvalue weighted by atomic mass is 10.0. The first kappa shape index (κ1) is 16.8. The van der Waals surface area contributed by atoms with Gasteiger partial charge < -0.3 is 10.1 Å². The van der Waals surface area contributed by atoms with Crippen molar-refractivity contribution in [1.29, 1.82) is 0 Å². The van der Waals surface area contributed by atoms with Crippen LogP contribution in [0.3, 0.4) is 0 Å². The van der Waals surface area contributed by atoms with Gasteiger partial charge in [0.25, 0.3) is 0 Å².